The van der Waals surface area contributed by atoms with Crippen molar-refractivity contribution in [3.8, 4) is 6.07 Å². The lowest BCUT2D eigenvalue weighted by atomic mass is 9.82. The number of hydrogen-bond acceptors (Lipinski definition) is 3. The van der Waals surface area contributed by atoms with Crippen LogP contribution in [0.1, 0.15) is 24.0 Å². The van der Waals surface area contributed by atoms with E-state index in [1.807, 2.05) is 12.1 Å². The van der Waals surface area contributed by atoms with Gasteiger partial charge >= 0.3 is 5.97 Å². The summed E-state index contributed by atoms with van der Waals surface area (Å²) in [5.74, 6) is -0.968. The van der Waals surface area contributed by atoms with Gasteiger partial charge in [-0.2, -0.15) is 5.26 Å². The highest BCUT2D eigenvalue weighted by Gasteiger charge is 2.34. The molecule has 0 radical (unpaired) electrons. The minimum Gasteiger partial charge on any atom is -0.481 e. The maximum absolute atomic E-state index is 10.6. The second-order valence-corrected chi connectivity index (χ2v) is 4.25. The molecule has 1 aromatic carbocycles. The molecule has 2 rings (SSSR count). The van der Waals surface area contributed by atoms with Crippen LogP contribution < -0.4 is 0 Å². The first kappa shape index (κ1) is 11.6. The van der Waals surface area contributed by atoms with Crippen LogP contribution in [-0.2, 0) is 16.1 Å². The van der Waals surface area contributed by atoms with Crippen LogP contribution in [0.4, 0.5) is 0 Å². The van der Waals surface area contributed by atoms with E-state index in [9.17, 15) is 4.79 Å². The van der Waals surface area contributed by atoms with Crippen molar-refractivity contribution in [1.29, 1.82) is 5.26 Å². The molecular formula is C13H13NO3. The van der Waals surface area contributed by atoms with E-state index in [-0.39, 0.29) is 12.0 Å². The Morgan fingerprint density at radius 3 is 2.59 bits per heavy atom. The Bertz CT molecular complexity index is 441. The first-order valence-corrected chi connectivity index (χ1v) is 5.52. The van der Waals surface area contributed by atoms with Crippen molar-refractivity contribution >= 4 is 5.97 Å². The number of rotatable bonds is 4. The fourth-order valence-electron chi connectivity index (χ4n) is 1.79. The molecule has 1 aliphatic carbocycles. The molecule has 1 aromatic rings. The van der Waals surface area contributed by atoms with Gasteiger partial charge in [-0.1, -0.05) is 12.1 Å². The summed E-state index contributed by atoms with van der Waals surface area (Å²) in [6.45, 7) is 0.475. The van der Waals surface area contributed by atoms with E-state index in [0.717, 1.165) is 5.56 Å². The molecule has 0 amide bonds. The lowest BCUT2D eigenvalue weighted by Crippen LogP contribution is -2.36. The molecule has 17 heavy (non-hydrogen) atoms. The topological polar surface area (TPSA) is 70.3 Å². The van der Waals surface area contributed by atoms with Gasteiger partial charge in [-0.15, -0.1) is 0 Å². The second kappa shape index (κ2) is 4.98. The molecule has 0 aromatic heterocycles. The number of carboxylic acids is 1. The normalized spacial score (nSPS) is 22.5. The fraction of sp³-hybridized carbons (Fsp3) is 0.385. The van der Waals surface area contributed by atoms with Gasteiger partial charge in [-0.25, -0.2) is 0 Å². The van der Waals surface area contributed by atoms with Crippen LogP contribution in [0.2, 0.25) is 0 Å². The first-order chi connectivity index (χ1) is 8.19. The van der Waals surface area contributed by atoms with Gasteiger partial charge in [0.15, 0.2) is 0 Å². The summed E-state index contributed by atoms with van der Waals surface area (Å²) in [5, 5.41) is 17.3. The van der Waals surface area contributed by atoms with Gasteiger partial charge in [0.2, 0.25) is 0 Å². The minimum atomic E-state index is -0.733. The number of nitrogens with zero attached hydrogens (tertiary/aromatic N) is 1. The zero-order chi connectivity index (χ0) is 12.3. The Morgan fingerprint density at radius 2 is 2.06 bits per heavy atom. The number of carbonyl (C=O) groups is 1. The third kappa shape index (κ3) is 2.83. The fourth-order valence-corrected chi connectivity index (χ4v) is 1.79. The summed E-state index contributed by atoms with van der Waals surface area (Å²) in [5.41, 5.74) is 1.63. The molecule has 1 fully saturated rings. The van der Waals surface area contributed by atoms with E-state index in [4.69, 9.17) is 15.1 Å². The van der Waals surface area contributed by atoms with Crippen molar-refractivity contribution < 1.29 is 14.6 Å². The monoisotopic (exact) mass is 231 g/mol. The quantitative estimate of drug-likeness (QED) is 0.859. The molecule has 1 aliphatic rings. The van der Waals surface area contributed by atoms with Gasteiger partial charge in [-0.3, -0.25) is 4.79 Å². The highest BCUT2D eigenvalue weighted by molar-refractivity contribution is 5.71. The molecule has 1 saturated carbocycles. The van der Waals surface area contributed by atoms with Gasteiger partial charge in [0.25, 0.3) is 0 Å². The van der Waals surface area contributed by atoms with E-state index < -0.39 is 5.97 Å². The molecule has 0 atom stereocenters. The summed E-state index contributed by atoms with van der Waals surface area (Å²) in [6, 6.07) is 9.26. The number of aliphatic carboxylic acids is 1. The number of benzene rings is 1. The zero-order valence-electron chi connectivity index (χ0n) is 9.30. The molecule has 0 saturated heterocycles. The average molecular weight is 231 g/mol. The van der Waals surface area contributed by atoms with Gasteiger partial charge in [-0.05, 0) is 30.5 Å². The number of hydrogen-bond donors (Lipinski definition) is 1. The Hall–Kier alpha value is -1.86. The number of nitriles is 1. The standard InChI is InChI=1S/C13H13NO3/c14-7-9-1-3-10(4-2-9)8-17-12-5-11(6-12)13(15)16/h1-4,11-12H,5-6,8H2,(H,15,16)/t11-,12+. The lowest BCUT2D eigenvalue weighted by molar-refractivity contribution is -0.151. The van der Waals surface area contributed by atoms with Crippen LogP contribution in [0.3, 0.4) is 0 Å². The SMILES string of the molecule is N#Cc1ccc(CO[C@H]2C[C@@H](C(=O)O)C2)cc1. The predicted octanol–water partition coefficient (Wildman–Crippen LogP) is 1.94. The van der Waals surface area contributed by atoms with Crippen LogP contribution in [0.5, 0.6) is 0 Å². The van der Waals surface area contributed by atoms with Gasteiger partial charge in [0.05, 0.1) is 30.3 Å². The Morgan fingerprint density at radius 1 is 1.41 bits per heavy atom. The largest absolute Gasteiger partial charge is 0.481 e. The Labute approximate surface area is 99.4 Å². The maximum Gasteiger partial charge on any atom is 0.306 e. The molecule has 4 heteroatoms. The highest BCUT2D eigenvalue weighted by Crippen LogP contribution is 2.30. The van der Waals surface area contributed by atoms with Gasteiger partial charge < -0.3 is 9.84 Å². The number of carboxylic acid groups (broad SMARTS) is 1. The third-order valence-electron chi connectivity index (χ3n) is 3.01. The lowest BCUT2D eigenvalue weighted by Gasteiger charge is -2.32. The van der Waals surface area contributed by atoms with Crippen LogP contribution in [0.25, 0.3) is 0 Å². The minimum absolute atomic E-state index is 0.0618. The van der Waals surface area contributed by atoms with Gasteiger partial charge in [0, 0.05) is 0 Å². The van der Waals surface area contributed by atoms with Crippen molar-refractivity contribution in [3.63, 3.8) is 0 Å². The summed E-state index contributed by atoms with van der Waals surface area (Å²) in [7, 11) is 0. The molecular weight excluding hydrogens is 218 g/mol. The van der Waals surface area contributed by atoms with Gasteiger partial charge in [0.1, 0.15) is 0 Å². The van der Waals surface area contributed by atoms with Crippen LogP contribution in [0.15, 0.2) is 24.3 Å². The van der Waals surface area contributed by atoms with Crippen LogP contribution in [-0.4, -0.2) is 17.2 Å². The molecule has 1 N–H and O–H groups in total. The van der Waals surface area contributed by atoms with Crippen molar-refractivity contribution in [1.82, 2.24) is 0 Å². The smallest absolute Gasteiger partial charge is 0.306 e. The molecule has 0 unspecified atom stereocenters. The third-order valence-corrected chi connectivity index (χ3v) is 3.01. The van der Waals surface area contributed by atoms with Crippen LogP contribution in [0, 0.1) is 17.2 Å². The van der Waals surface area contributed by atoms with E-state index in [0.29, 0.717) is 25.0 Å². The summed E-state index contributed by atoms with van der Waals surface area (Å²) < 4.78 is 5.57. The van der Waals surface area contributed by atoms with E-state index in [2.05, 4.69) is 6.07 Å². The molecule has 4 nitrogen and oxygen atoms in total. The van der Waals surface area contributed by atoms with E-state index in [1.165, 1.54) is 0 Å². The highest BCUT2D eigenvalue weighted by atomic mass is 16.5. The van der Waals surface area contributed by atoms with Crippen molar-refractivity contribution in [3.05, 3.63) is 35.4 Å². The zero-order valence-corrected chi connectivity index (χ0v) is 9.30. The van der Waals surface area contributed by atoms with Crippen molar-refractivity contribution in [2.45, 2.75) is 25.6 Å². The average Bonchev–Trinajstić information content (AvgIpc) is 2.27. The Balaban J connectivity index is 1.76. The molecule has 88 valence electrons. The molecule has 0 spiro atoms. The second-order valence-electron chi connectivity index (χ2n) is 4.25. The number of ether oxygens (including phenoxy) is 1. The summed E-state index contributed by atoms with van der Waals surface area (Å²) in [6.07, 6.45) is 1.27. The first-order valence-electron chi connectivity index (χ1n) is 5.52. The van der Waals surface area contributed by atoms with E-state index in [1.54, 1.807) is 12.1 Å². The predicted molar refractivity (Wildman–Crippen MR) is 60.1 cm³/mol. The molecule has 0 bridgehead atoms. The van der Waals surface area contributed by atoms with Crippen molar-refractivity contribution in [2.75, 3.05) is 0 Å². The molecule has 0 aliphatic heterocycles. The summed E-state index contributed by atoms with van der Waals surface area (Å²) in [4.78, 5) is 10.6. The van der Waals surface area contributed by atoms with E-state index >= 15 is 0 Å². The molecule has 0 heterocycles. The summed E-state index contributed by atoms with van der Waals surface area (Å²) >= 11 is 0. The Kier molecular flexibility index (Phi) is 3.40. The van der Waals surface area contributed by atoms with Crippen molar-refractivity contribution in [2.24, 2.45) is 5.92 Å². The van der Waals surface area contributed by atoms with Crippen LogP contribution >= 0.6 is 0 Å². The maximum atomic E-state index is 10.6.